The van der Waals surface area contributed by atoms with Crippen LogP contribution in [0.3, 0.4) is 0 Å². The van der Waals surface area contributed by atoms with E-state index < -0.39 is 0 Å². The first-order valence-corrected chi connectivity index (χ1v) is 9.43. The fourth-order valence-electron chi connectivity index (χ4n) is 3.70. The molecule has 1 aliphatic rings. The first-order valence-electron chi connectivity index (χ1n) is 9.43. The van der Waals surface area contributed by atoms with E-state index in [1.165, 1.54) is 40.7 Å². The first kappa shape index (κ1) is 17.7. The van der Waals surface area contributed by atoms with Crippen molar-refractivity contribution in [2.75, 3.05) is 13.1 Å². The molecule has 0 aliphatic heterocycles. The van der Waals surface area contributed by atoms with Gasteiger partial charge in [-0.1, -0.05) is 66.2 Å². The summed E-state index contributed by atoms with van der Waals surface area (Å²) >= 11 is 0. The van der Waals surface area contributed by atoms with Crippen LogP contribution in [0.25, 0.3) is 5.57 Å². The second-order valence-electron chi connectivity index (χ2n) is 7.02. The van der Waals surface area contributed by atoms with Gasteiger partial charge in [0.05, 0.1) is 0 Å². The lowest BCUT2D eigenvalue weighted by Crippen LogP contribution is -2.15. The molecule has 2 aromatic carbocycles. The molecule has 0 atom stereocenters. The van der Waals surface area contributed by atoms with Crippen LogP contribution in [0.1, 0.15) is 35.1 Å². The molecule has 0 unspecified atom stereocenters. The van der Waals surface area contributed by atoms with E-state index in [-0.39, 0.29) is 0 Å². The topological polar surface area (TPSA) is 12.0 Å². The number of hydrogen-bond donors (Lipinski definition) is 1. The van der Waals surface area contributed by atoms with Gasteiger partial charge in [-0.15, -0.1) is 6.58 Å². The van der Waals surface area contributed by atoms with Crippen LogP contribution in [0.15, 0.2) is 67.3 Å². The molecule has 1 aliphatic carbocycles. The van der Waals surface area contributed by atoms with E-state index in [2.05, 4.69) is 73.4 Å². The lowest BCUT2D eigenvalue weighted by Gasteiger charge is -2.16. The predicted molar refractivity (Wildman–Crippen MR) is 109 cm³/mol. The summed E-state index contributed by atoms with van der Waals surface area (Å²) in [4.78, 5) is 0. The Morgan fingerprint density at radius 1 is 1.00 bits per heavy atom. The number of fused-ring (bicyclic) bond motifs is 1. The molecule has 0 heterocycles. The van der Waals surface area contributed by atoms with Crippen molar-refractivity contribution in [1.29, 1.82) is 0 Å². The Hall–Kier alpha value is -2.12. The van der Waals surface area contributed by atoms with Gasteiger partial charge >= 0.3 is 0 Å². The summed E-state index contributed by atoms with van der Waals surface area (Å²) in [5.41, 5.74) is 7.27. The van der Waals surface area contributed by atoms with Crippen molar-refractivity contribution in [2.45, 2.75) is 32.6 Å². The Morgan fingerprint density at radius 2 is 1.64 bits per heavy atom. The molecule has 1 nitrogen and oxygen atoms in total. The normalized spacial score (nSPS) is 14.5. The third-order valence-corrected chi connectivity index (χ3v) is 5.09. The van der Waals surface area contributed by atoms with E-state index >= 15 is 0 Å². The summed E-state index contributed by atoms with van der Waals surface area (Å²) < 4.78 is 0. The predicted octanol–water partition coefficient (Wildman–Crippen LogP) is 5.35. The van der Waals surface area contributed by atoms with Crippen LogP contribution in [-0.4, -0.2) is 13.1 Å². The largest absolute Gasteiger partial charge is 0.316 e. The number of nitrogens with one attached hydrogen (secondary N) is 1. The average Bonchev–Trinajstić information content (AvgIpc) is 3.06. The number of benzene rings is 2. The van der Waals surface area contributed by atoms with Gasteiger partial charge in [0.25, 0.3) is 0 Å². The molecule has 0 saturated carbocycles. The minimum atomic E-state index is 0.605. The van der Waals surface area contributed by atoms with Gasteiger partial charge in [0, 0.05) is 0 Å². The Labute approximate surface area is 152 Å². The molecule has 0 spiro atoms. The van der Waals surface area contributed by atoms with Gasteiger partial charge in [0.15, 0.2) is 0 Å². The molecule has 130 valence electrons. The standard InChI is InChI=1S/C24H29N/c1-3-4-15-25-16-7-10-24(20-13-11-19(2)12-14-20)23-17-21-8-5-6-9-22(21)18-23/h3,5-6,8-14,23,25H,1,4,7,15-18H2,2H3. The van der Waals surface area contributed by atoms with Gasteiger partial charge in [0.1, 0.15) is 0 Å². The van der Waals surface area contributed by atoms with Crippen molar-refractivity contribution >= 4 is 5.57 Å². The minimum absolute atomic E-state index is 0.605. The Kier molecular flexibility index (Phi) is 6.25. The van der Waals surface area contributed by atoms with Crippen LogP contribution >= 0.6 is 0 Å². The van der Waals surface area contributed by atoms with Gasteiger partial charge in [-0.2, -0.15) is 0 Å². The summed E-state index contributed by atoms with van der Waals surface area (Å²) in [7, 11) is 0. The minimum Gasteiger partial charge on any atom is -0.316 e. The van der Waals surface area contributed by atoms with Crippen LogP contribution in [0.5, 0.6) is 0 Å². The van der Waals surface area contributed by atoms with Gasteiger partial charge in [-0.3, -0.25) is 0 Å². The van der Waals surface area contributed by atoms with E-state index in [0.717, 1.165) is 25.9 Å². The third-order valence-electron chi connectivity index (χ3n) is 5.09. The Morgan fingerprint density at radius 3 is 2.28 bits per heavy atom. The van der Waals surface area contributed by atoms with Crippen molar-refractivity contribution in [3.05, 3.63) is 89.5 Å². The molecule has 0 bridgehead atoms. The highest BCUT2D eigenvalue weighted by Crippen LogP contribution is 2.36. The maximum Gasteiger partial charge on any atom is -0.00139 e. The lowest BCUT2D eigenvalue weighted by atomic mass is 9.89. The lowest BCUT2D eigenvalue weighted by molar-refractivity contribution is 0.689. The molecule has 0 fully saturated rings. The number of rotatable bonds is 8. The summed E-state index contributed by atoms with van der Waals surface area (Å²) in [6.07, 6.45) is 8.87. The molecule has 0 saturated heterocycles. The highest BCUT2D eigenvalue weighted by Gasteiger charge is 2.24. The van der Waals surface area contributed by atoms with Gasteiger partial charge in [0.2, 0.25) is 0 Å². The van der Waals surface area contributed by atoms with Gasteiger partial charge < -0.3 is 5.32 Å². The van der Waals surface area contributed by atoms with Gasteiger partial charge in [-0.25, -0.2) is 0 Å². The van der Waals surface area contributed by atoms with Crippen LogP contribution in [0.2, 0.25) is 0 Å². The van der Waals surface area contributed by atoms with Crippen LogP contribution in [0.4, 0.5) is 0 Å². The van der Waals surface area contributed by atoms with Crippen LogP contribution in [-0.2, 0) is 12.8 Å². The third kappa shape index (κ3) is 4.70. The maximum atomic E-state index is 3.77. The Bertz CT molecular complexity index is 699. The van der Waals surface area contributed by atoms with E-state index in [1.54, 1.807) is 0 Å². The van der Waals surface area contributed by atoms with Crippen molar-refractivity contribution in [2.24, 2.45) is 5.92 Å². The van der Waals surface area contributed by atoms with E-state index in [1.807, 2.05) is 6.08 Å². The zero-order valence-corrected chi connectivity index (χ0v) is 15.3. The fourth-order valence-corrected chi connectivity index (χ4v) is 3.70. The molecule has 0 radical (unpaired) electrons. The van der Waals surface area contributed by atoms with Crippen molar-refractivity contribution < 1.29 is 0 Å². The van der Waals surface area contributed by atoms with Crippen molar-refractivity contribution in [1.82, 2.24) is 5.32 Å². The number of allylic oxidation sites excluding steroid dienone is 1. The van der Waals surface area contributed by atoms with Crippen LogP contribution < -0.4 is 5.32 Å². The summed E-state index contributed by atoms with van der Waals surface area (Å²) in [5, 5.41) is 3.49. The highest BCUT2D eigenvalue weighted by atomic mass is 14.8. The monoisotopic (exact) mass is 331 g/mol. The molecule has 1 heteroatoms. The van der Waals surface area contributed by atoms with E-state index in [0.29, 0.717) is 5.92 Å². The SMILES string of the molecule is C=CCCNCCC=C(c1ccc(C)cc1)C1Cc2ccccc2C1. The van der Waals surface area contributed by atoms with E-state index in [4.69, 9.17) is 0 Å². The summed E-state index contributed by atoms with van der Waals surface area (Å²) in [6, 6.07) is 17.9. The molecular weight excluding hydrogens is 302 g/mol. The molecular formula is C24H29N. The first-order chi connectivity index (χ1) is 12.3. The van der Waals surface area contributed by atoms with Gasteiger partial charge in [-0.05, 0) is 73.9 Å². The smallest absolute Gasteiger partial charge is 0.00139 e. The second-order valence-corrected chi connectivity index (χ2v) is 7.02. The number of hydrogen-bond acceptors (Lipinski definition) is 1. The molecule has 2 aromatic rings. The van der Waals surface area contributed by atoms with Crippen LogP contribution in [0, 0.1) is 12.8 Å². The summed E-state index contributed by atoms with van der Waals surface area (Å²) in [6.45, 7) is 7.98. The highest BCUT2D eigenvalue weighted by molar-refractivity contribution is 5.69. The number of aryl methyl sites for hydroxylation is 1. The molecule has 0 amide bonds. The summed E-state index contributed by atoms with van der Waals surface area (Å²) in [5.74, 6) is 0.605. The fraction of sp³-hybridized carbons (Fsp3) is 0.333. The van der Waals surface area contributed by atoms with Crippen molar-refractivity contribution in [3.63, 3.8) is 0 Å². The molecule has 0 aromatic heterocycles. The molecule has 1 N–H and O–H groups in total. The zero-order chi connectivity index (χ0) is 17.5. The maximum absolute atomic E-state index is 3.77. The quantitative estimate of drug-likeness (QED) is 0.508. The Balaban J connectivity index is 1.73. The molecule has 3 rings (SSSR count). The average molecular weight is 332 g/mol. The second kappa shape index (κ2) is 8.82. The van der Waals surface area contributed by atoms with Crippen molar-refractivity contribution in [3.8, 4) is 0 Å². The molecule has 25 heavy (non-hydrogen) atoms. The van der Waals surface area contributed by atoms with E-state index in [9.17, 15) is 0 Å². The zero-order valence-electron chi connectivity index (χ0n) is 15.3.